The van der Waals surface area contributed by atoms with E-state index in [0.717, 1.165) is 64.2 Å². The second-order valence-electron chi connectivity index (χ2n) is 8.45. The summed E-state index contributed by atoms with van der Waals surface area (Å²) in [4.78, 5) is 9.60. The van der Waals surface area contributed by atoms with Crippen molar-refractivity contribution in [1.29, 1.82) is 0 Å². The maximum atomic E-state index is 6.35. The molecule has 2 fully saturated rings. The van der Waals surface area contributed by atoms with Crippen LogP contribution in [0, 0.1) is 0 Å². The molecule has 2 aliphatic rings. The molecular weight excluding hydrogens is 362 g/mol. The quantitative estimate of drug-likeness (QED) is 0.684. The summed E-state index contributed by atoms with van der Waals surface area (Å²) >= 11 is 0. The zero-order valence-corrected chi connectivity index (χ0v) is 17.1. The largest absolute Gasteiger partial charge is 0.372 e. The van der Waals surface area contributed by atoms with Gasteiger partial charge in [0, 0.05) is 64.1 Å². The highest BCUT2D eigenvalue weighted by Gasteiger charge is 2.39. The van der Waals surface area contributed by atoms with Gasteiger partial charge in [-0.1, -0.05) is 18.2 Å². The molecule has 0 bridgehead atoms. The number of aryl methyl sites for hydroxylation is 1. The minimum Gasteiger partial charge on any atom is -0.372 e. The van der Waals surface area contributed by atoms with Crippen LogP contribution in [-0.4, -0.2) is 63.0 Å². The first kappa shape index (κ1) is 18.7. The molecule has 152 valence electrons. The number of piperidine rings is 1. The highest BCUT2D eigenvalue weighted by Crippen LogP contribution is 2.32. The molecule has 6 heteroatoms. The predicted molar refractivity (Wildman–Crippen MR) is 113 cm³/mol. The van der Waals surface area contributed by atoms with Crippen molar-refractivity contribution in [2.45, 2.75) is 31.5 Å². The fraction of sp³-hybridized carbons (Fsp3) is 0.478. The summed E-state index contributed by atoms with van der Waals surface area (Å²) < 4.78 is 8.33. The standard InChI is InChI=1S/C23H29N5O/c1-26-20(7-11-25-26)17-28-14-15-29-23(18-28)8-12-27(13-9-23)16-19-4-2-6-22-21(19)5-3-10-24-22/h2-7,10-11H,8-9,12-18H2,1H3. The molecule has 0 aliphatic carbocycles. The summed E-state index contributed by atoms with van der Waals surface area (Å²) in [5.41, 5.74) is 3.73. The third-order valence-electron chi connectivity index (χ3n) is 6.53. The number of aromatic nitrogens is 3. The fourth-order valence-electron chi connectivity index (χ4n) is 4.81. The second kappa shape index (κ2) is 7.86. The molecule has 0 unspecified atom stereocenters. The van der Waals surface area contributed by atoms with Gasteiger partial charge in [0.05, 0.1) is 23.4 Å². The van der Waals surface area contributed by atoms with Crippen molar-refractivity contribution in [3.63, 3.8) is 0 Å². The highest BCUT2D eigenvalue weighted by atomic mass is 16.5. The molecule has 4 heterocycles. The molecular formula is C23H29N5O. The zero-order chi connectivity index (χ0) is 19.7. The highest BCUT2D eigenvalue weighted by molar-refractivity contribution is 5.81. The van der Waals surface area contributed by atoms with E-state index < -0.39 is 0 Å². The van der Waals surface area contributed by atoms with E-state index in [1.807, 2.05) is 30.2 Å². The number of pyridine rings is 1. The minimum absolute atomic E-state index is 0.00759. The average Bonchev–Trinajstić information content (AvgIpc) is 3.15. The van der Waals surface area contributed by atoms with E-state index in [2.05, 4.69) is 50.2 Å². The number of rotatable bonds is 4. The summed E-state index contributed by atoms with van der Waals surface area (Å²) in [5.74, 6) is 0. The molecule has 1 aromatic carbocycles. The van der Waals surface area contributed by atoms with Crippen LogP contribution in [0.4, 0.5) is 0 Å². The first-order valence-corrected chi connectivity index (χ1v) is 10.6. The van der Waals surface area contributed by atoms with Crippen molar-refractivity contribution in [2.75, 3.05) is 32.8 Å². The van der Waals surface area contributed by atoms with E-state index >= 15 is 0 Å². The Morgan fingerprint density at radius 3 is 2.69 bits per heavy atom. The van der Waals surface area contributed by atoms with E-state index in [9.17, 15) is 0 Å². The van der Waals surface area contributed by atoms with Crippen molar-refractivity contribution < 1.29 is 4.74 Å². The van der Waals surface area contributed by atoms with E-state index in [4.69, 9.17) is 4.74 Å². The van der Waals surface area contributed by atoms with Gasteiger partial charge in [0.2, 0.25) is 0 Å². The maximum absolute atomic E-state index is 6.35. The number of hydrogen-bond acceptors (Lipinski definition) is 5. The summed E-state index contributed by atoms with van der Waals surface area (Å²) in [5, 5.41) is 5.58. The molecule has 0 saturated carbocycles. The van der Waals surface area contributed by atoms with Gasteiger partial charge >= 0.3 is 0 Å². The van der Waals surface area contributed by atoms with Gasteiger partial charge in [-0.3, -0.25) is 19.5 Å². The van der Waals surface area contributed by atoms with Crippen LogP contribution in [0.1, 0.15) is 24.1 Å². The number of morpholine rings is 1. The van der Waals surface area contributed by atoms with Crippen LogP contribution in [0.2, 0.25) is 0 Å². The predicted octanol–water partition coefficient (Wildman–Crippen LogP) is 2.84. The lowest BCUT2D eigenvalue weighted by Crippen LogP contribution is -2.56. The van der Waals surface area contributed by atoms with Crippen LogP contribution in [0.25, 0.3) is 10.9 Å². The van der Waals surface area contributed by atoms with Crippen LogP contribution in [0.3, 0.4) is 0 Å². The summed E-state index contributed by atoms with van der Waals surface area (Å²) in [7, 11) is 2.02. The van der Waals surface area contributed by atoms with E-state index in [1.165, 1.54) is 16.6 Å². The van der Waals surface area contributed by atoms with Crippen LogP contribution in [-0.2, 0) is 24.9 Å². The Hall–Kier alpha value is -2.28. The van der Waals surface area contributed by atoms with Crippen molar-refractivity contribution >= 4 is 10.9 Å². The zero-order valence-electron chi connectivity index (χ0n) is 17.1. The molecule has 0 radical (unpaired) electrons. The third kappa shape index (κ3) is 3.92. The topological polar surface area (TPSA) is 46.4 Å². The van der Waals surface area contributed by atoms with Gasteiger partial charge in [0.15, 0.2) is 0 Å². The smallest absolute Gasteiger partial charge is 0.0833 e. The van der Waals surface area contributed by atoms with Crippen LogP contribution in [0.15, 0.2) is 48.8 Å². The molecule has 5 rings (SSSR count). The number of ether oxygens (including phenoxy) is 1. The number of fused-ring (bicyclic) bond motifs is 1. The van der Waals surface area contributed by atoms with Gasteiger partial charge in [-0.25, -0.2) is 0 Å². The lowest BCUT2D eigenvalue weighted by atomic mass is 9.89. The molecule has 2 aliphatic heterocycles. The molecule has 2 saturated heterocycles. The van der Waals surface area contributed by atoms with Crippen molar-refractivity contribution in [3.05, 3.63) is 60.0 Å². The summed E-state index contributed by atoms with van der Waals surface area (Å²) in [6.07, 6.45) is 5.94. The molecule has 29 heavy (non-hydrogen) atoms. The van der Waals surface area contributed by atoms with Crippen LogP contribution < -0.4 is 0 Å². The van der Waals surface area contributed by atoms with Gasteiger partial charge in [-0.15, -0.1) is 0 Å². The minimum atomic E-state index is 0.00759. The van der Waals surface area contributed by atoms with E-state index in [1.54, 1.807) is 0 Å². The summed E-state index contributed by atoms with van der Waals surface area (Å²) in [6, 6.07) is 12.8. The van der Waals surface area contributed by atoms with Crippen molar-refractivity contribution in [3.8, 4) is 0 Å². The maximum Gasteiger partial charge on any atom is 0.0833 e. The third-order valence-corrected chi connectivity index (χ3v) is 6.53. The van der Waals surface area contributed by atoms with Gasteiger partial charge in [0.1, 0.15) is 0 Å². The van der Waals surface area contributed by atoms with E-state index in [0.29, 0.717) is 0 Å². The Morgan fingerprint density at radius 2 is 1.86 bits per heavy atom. The van der Waals surface area contributed by atoms with Crippen LogP contribution >= 0.6 is 0 Å². The average molecular weight is 392 g/mol. The molecule has 0 amide bonds. The molecule has 0 atom stereocenters. The molecule has 6 nitrogen and oxygen atoms in total. The first-order chi connectivity index (χ1) is 14.2. The Balaban J connectivity index is 1.22. The van der Waals surface area contributed by atoms with Crippen LogP contribution in [0.5, 0.6) is 0 Å². The SMILES string of the molecule is Cn1nccc1CN1CCOC2(CCN(Cc3cccc4ncccc34)CC2)C1. The number of nitrogens with zero attached hydrogens (tertiary/aromatic N) is 5. The Labute approximate surface area is 172 Å². The monoisotopic (exact) mass is 391 g/mol. The lowest BCUT2D eigenvalue weighted by Gasteiger charge is -2.47. The summed E-state index contributed by atoms with van der Waals surface area (Å²) in [6.45, 7) is 6.94. The van der Waals surface area contributed by atoms with E-state index in [-0.39, 0.29) is 5.60 Å². The Kier molecular flexibility index (Phi) is 5.08. The van der Waals surface area contributed by atoms with Gasteiger partial charge in [-0.2, -0.15) is 5.10 Å². The molecule has 3 aromatic rings. The van der Waals surface area contributed by atoms with Gasteiger partial charge in [-0.05, 0) is 36.6 Å². The normalized spacial score (nSPS) is 20.4. The van der Waals surface area contributed by atoms with Gasteiger partial charge in [0.25, 0.3) is 0 Å². The lowest BCUT2D eigenvalue weighted by molar-refractivity contribution is -0.138. The van der Waals surface area contributed by atoms with Crippen molar-refractivity contribution in [1.82, 2.24) is 24.6 Å². The number of likely N-dealkylation sites (tertiary alicyclic amines) is 1. The molecule has 0 N–H and O–H groups in total. The number of hydrogen-bond donors (Lipinski definition) is 0. The number of benzene rings is 1. The molecule has 1 spiro atoms. The fourth-order valence-corrected chi connectivity index (χ4v) is 4.81. The second-order valence-corrected chi connectivity index (χ2v) is 8.45. The van der Waals surface area contributed by atoms with Crippen molar-refractivity contribution in [2.24, 2.45) is 7.05 Å². The van der Waals surface area contributed by atoms with Gasteiger partial charge < -0.3 is 4.74 Å². The Bertz CT molecular complexity index is 971. The first-order valence-electron chi connectivity index (χ1n) is 10.6. The molecule has 2 aromatic heterocycles. The Morgan fingerprint density at radius 1 is 0.966 bits per heavy atom.